The third-order valence-electron chi connectivity index (χ3n) is 7.01. The van der Waals surface area contributed by atoms with Crippen molar-refractivity contribution in [1.82, 2.24) is 24.2 Å². The van der Waals surface area contributed by atoms with Gasteiger partial charge in [0, 0.05) is 27.7 Å². The number of halogens is 1. The molecule has 0 saturated carbocycles. The molecule has 0 aliphatic heterocycles. The van der Waals surface area contributed by atoms with Gasteiger partial charge in [0.05, 0.1) is 28.4 Å². The minimum Gasteiger partial charge on any atom is -0.383 e. The number of nitrogens with zero attached hydrogens (tertiary/aromatic N) is 4. The van der Waals surface area contributed by atoms with Crippen LogP contribution in [-0.2, 0) is 16.6 Å². The zero-order valence-electron chi connectivity index (χ0n) is 23.3. The van der Waals surface area contributed by atoms with Crippen molar-refractivity contribution in [2.75, 3.05) is 11.1 Å². The number of amides is 1. The number of thiophene rings is 1. The summed E-state index contributed by atoms with van der Waals surface area (Å²) in [5.41, 5.74) is 8.12. The highest BCUT2D eigenvalue weighted by Crippen LogP contribution is 2.38. The Morgan fingerprint density at radius 1 is 1.00 bits per heavy atom. The maximum Gasteiger partial charge on any atom is 0.269 e. The number of carbonyl (C=O) groups is 1. The number of nitrogens with one attached hydrogen (secondary N) is 2. The van der Waals surface area contributed by atoms with Crippen LogP contribution in [0.4, 0.5) is 16.0 Å². The predicted molar refractivity (Wildman–Crippen MR) is 168 cm³/mol. The first-order chi connectivity index (χ1) is 21.2. The van der Waals surface area contributed by atoms with Gasteiger partial charge in [-0.15, -0.1) is 11.3 Å². The maximum absolute atomic E-state index is 13.5. The standard InChI is InChI=1S/C31H26FN7O3S2/c1-19(20-9-11-21(32)12-10-20)38-31(40)24-8-5-15-34-29(24)35-16-22-13-14-26(43-22)25-17-39(30-27(25)28(33)36-18-37-30)44(41,42)23-6-3-2-4-7-23/h2-15,17-19H,16H2,1H3,(H,34,35)(H,38,40)(H2,33,36,37). The summed E-state index contributed by atoms with van der Waals surface area (Å²) in [6.07, 6.45) is 4.35. The molecule has 0 aliphatic carbocycles. The van der Waals surface area contributed by atoms with Crippen molar-refractivity contribution in [3.63, 3.8) is 0 Å². The van der Waals surface area contributed by atoms with E-state index in [1.807, 2.05) is 19.1 Å². The molecule has 0 fully saturated rings. The molecule has 0 bridgehead atoms. The summed E-state index contributed by atoms with van der Waals surface area (Å²) >= 11 is 1.43. The van der Waals surface area contributed by atoms with Gasteiger partial charge in [-0.25, -0.2) is 31.7 Å². The van der Waals surface area contributed by atoms with Gasteiger partial charge in [-0.05, 0) is 61.0 Å². The van der Waals surface area contributed by atoms with Gasteiger partial charge in [-0.2, -0.15) is 0 Å². The lowest BCUT2D eigenvalue weighted by atomic mass is 10.1. The van der Waals surface area contributed by atoms with Crippen LogP contribution in [-0.4, -0.2) is 33.2 Å². The molecule has 13 heteroatoms. The van der Waals surface area contributed by atoms with E-state index in [1.54, 1.807) is 48.7 Å². The summed E-state index contributed by atoms with van der Waals surface area (Å²) in [5, 5.41) is 6.60. The molecule has 4 heterocycles. The number of pyridine rings is 1. The molecule has 6 aromatic rings. The van der Waals surface area contributed by atoms with E-state index in [-0.39, 0.29) is 34.1 Å². The van der Waals surface area contributed by atoms with E-state index in [4.69, 9.17) is 5.73 Å². The Hall–Kier alpha value is -5.14. The Kier molecular flexibility index (Phi) is 7.80. The fourth-order valence-electron chi connectivity index (χ4n) is 4.76. The highest BCUT2D eigenvalue weighted by molar-refractivity contribution is 7.90. The lowest BCUT2D eigenvalue weighted by Gasteiger charge is -2.16. The van der Waals surface area contributed by atoms with Crippen LogP contribution >= 0.6 is 11.3 Å². The van der Waals surface area contributed by atoms with Crippen molar-refractivity contribution < 1.29 is 17.6 Å². The smallest absolute Gasteiger partial charge is 0.269 e. The van der Waals surface area contributed by atoms with Crippen LogP contribution in [0.25, 0.3) is 21.5 Å². The monoisotopic (exact) mass is 627 g/mol. The number of hydrogen-bond acceptors (Lipinski definition) is 9. The van der Waals surface area contributed by atoms with Gasteiger partial charge in [0.15, 0.2) is 5.65 Å². The Balaban J connectivity index is 1.24. The summed E-state index contributed by atoms with van der Waals surface area (Å²) in [6, 6.07) is 20.9. The molecule has 0 spiro atoms. The van der Waals surface area contributed by atoms with E-state index < -0.39 is 10.0 Å². The second kappa shape index (κ2) is 11.9. The zero-order chi connectivity index (χ0) is 30.8. The number of fused-ring (bicyclic) bond motifs is 1. The second-order valence-corrected chi connectivity index (χ2v) is 12.9. The fraction of sp³-hybridized carbons (Fsp3) is 0.0968. The summed E-state index contributed by atoms with van der Waals surface area (Å²) in [6.45, 7) is 2.17. The lowest BCUT2D eigenvalue weighted by Crippen LogP contribution is -2.27. The average molecular weight is 628 g/mol. The van der Waals surface area contributed by atoms with Crippen molar-refractivity contribution in [2.24, 2.45) is 0 Å². The van der Waals surface area contributed by atoms with Crippen LogP contribution in [0, 0.1) is 5.82 Å². The highest BCUT2D eigenvalue weighted by Gasteiger charge is 2.25. The molecule has 44 heavy (non-hydrogen) atoms. The topological polar surface area (TPSA) is 145 Å². The van der Waals surface area contributed by atoms with Crippen molar-refractivity contribution in [2.45, 2.75) is 24.4 Å². The SMILES string of the molecule is CC(NC(=O)c1cccnc1NCc1ccc(-c2cn(S(=O)(=O)c3ccccc3)c3ncnc(N)c23)s1)c1ccc(F)cc1. The first-order valence-corrected chi connectivity index (χ1v) is 15.7. The maximum atomic E-state index is 13.5. The number of rotatable bonds is 9. The third kappa shape index (κ3) is 5.62. The molecular weight excluding hydrogens is 602 g/mol. The number of aromatic nitrogens is 4. The van der Waals surface area contributed by atoms with Gasteiger partial charge in [0.25, 0.3) is 15.9 Å². The van der Waals surface area contributed by atoms with Crippen LogP contribution in [0.2, 0.25) is 0 Å². The minimum atomic E-state index is -3.95. The van der Waals surface area contributed by atoms with Gasteiger partial charge in [0.1, 0.15) is 23.8 Å². The van der Waals surface area contributed by atoms with Crippen molar-refractivity contribution >= 4 is 49.9 Å². The largest absolute Gasteiger partial charge is 0.383 e. The molecule has 0 radical (unpaired) electrons. The summed E-state index contributed by atoms with van der Waals surface area (Å²) in [4.78, 5) is 27.6. The molecule has 10 nitrogen and oxygen atoms in total. The average Bonchev–Trinajstić information content (AvgIpc) is 3.67. The molecule has 0 saturated heterocycles. The van der Waals surface area contributed by atoms with Gasteiger partial charge in [-0.3, -0.25) is 4.79 Å². The zero-order valence-corrected chi connectivity index (χ0v) is 24.9. The number of anilines is 2. The highest BCUT2D eigenvalue weighted by atomic mass is 32.2. The van der Waals surface area contributed by atoms with E-state index >= 15 is 0 Å². The van der Waals surface area contributed by atoms with Gasteiger partial charge >= 0.3 is 0 Å². The molecule has 1 atom stereocenters. The van der Waals surface area contributed by atoms with Crippen molar-refractivity contribution in [3.8, 4) is 10.4 Å². The van der Waals surface area contributed by atoms with Gasteiger partial charge in [0.2, 0.25) is 0 Å². The van der Waals surface area contributed by atoms with Gasteiger partial charge < -0.3 is 16.4 Å². The van der Waals surface area contributed by atoms with Crippen molar-refractivity contribution in [3.05, 3.63) is 119 Å². The number of carbonyl (C=O) groups excluding carboxylic acids is 1. The normalized spacial score (nSPS) is 12.2. The van der Waals surface area contributed by atoms with E-state index in [9.17, 15) is 17.6 Å². The third-order valence-corrected chi connectivity index (χ3v) is 9.79. The van der Waals surface area contributed by atoms with Gasteiger partial charge in [-0.1, -0.05) is 30.3 Å². The minimum absolute atomic E-state index is 0.124. The Labute approximate surface area is 256 Å². The summed E-state index contributed by atoms with van der Waals surface area (Å²) in [5.74, 6) is -0.108. The number of nitrogens with two attached hydrogens (primary N) is 1. The first kappa shape index (κ1) is 29.0. The number of benzene rings is 2. The predicted octanol–water partition coefficient (Wildman–Crippen LogP) is 5.62. The second-order valence-electron chi connectivity index (χ2n) is 9.88. The quantitative estimate of drug-likeness (QED) is 0.187. The Morgan fingerprint density at radius 2 is 1.77 bits per heavy atom. The molecule has 222 valence electrons. The molecule has 1 unspecified atom stereocenters. The summed E-state index contributed by atoms with van der Waals surface area (Å²) in [7, 11) is -3.95. The van der Waals surface area contributed by atoms with Crippen LogP contribution in [0.15, 0.2) is 102 Å². The number of nitrogen functional groups attached to an aromatic ring is 1. The van der Waals surface area contributed by atoms with E-state index in [0.717, 1.165) is 19.3 Å². The fourth-order valence-corrected chi connectivity index (χ4v) is 7.06. The first-order valence-electron chi connectivity index (χ1n) is 13.5. The lowest BCUT2D eigenvalue weighted by molar-refractivity contribution is 0.0940. The van der Waals surface area contributed by atoms with E-state index in [2.05, 4.69) is 25.6 Å². The molecular formula is C31H26FN7O3S2. The van der Waals surface area contributed by atoms with Crippen LogP contribution in [0.1, 0.15) is 33.8 Å². The summed E-state index contributed by atoms with van der Waals surface area (Å²) < 4.78 is 41.5. The molecule has 4 aromatic heterocycles. The van der Waals surface area contributed by atoms with E-state index in [0.29, 0.717) is 28.9 Å². The van der Waals surface area contributed by atoms with Crippen LogP contribution in [0.3, 0.4) is 0 Å². The Bertz CT molecular complexity index is 2080. The van der Waals surface area contributed by atoms with Crippen LogP contribution < -0.4 is 16.4 Å². The molecule has 0 aliphatic rings. The molecule has 4 N–H and O–H groups in total. The van der Waals surface area contributed by atoms with E-state index in [1.165, 1.54) is 48.1 Å². The number of hydrogen-bond donors (Lipinski definition) is 3. The molecule has 2 aromatic carbocycles. The Morgan fingerprint density at radius 3 is 2.55 bits per heavy atom. The molecule has 1 amide bonds. The van der Waals surface area contributed by atoms with Crippen LogP contribution in [0.5, 0.6) is 0 Å². The molecule has 6 rings (SSSR count). The van der Waals surface area contributed by atoms with Crippen molar-refractivity contribution in [1.29, 1.82) is 0 Å².